The Morgan fingerprint density at radius 2 is 2.25 bits per heavy atom. The van der Waals surface area contributed by atoms with Crippen LogP contribution in [0.1, 0.15) is 37.4 Å². The number of hydrogen-bond acceptors (Lipinski definition) is 4. The van der Waals surface area contributed by atoms with Crippen molar-refractivity contribution in [1.82, 2.24) is 10.4 Å². The van der Waals surface area contributed by atoms with E-state index >= 15 is 0 Å². The summed E-state index contributed by atoms with van der Waals surface area (Å²) in [7, 11) is 0. The number of hydrogen-bond donors (Lipinski definition) is 2. The average Bonchev–Trinajstić information content (AvgIpc) is 2.29. The van der Waals surface area contributed by atoms with E-state index in [1.54, 1.807) is 0 Å². The van der Waals surface area contributed by atoms with Crippen molar-refractivity contribution in [3.63, 3.8) is 0 Å². The average molecular weight is 239 g/mol. The number of aromatic nitrogens is 1. The van der Waals surface area contributed by atoms with Gasteiger partial charge in [-0.2, -0.15) is 11.8 Å². The highest BCUT2D eigenvalue weighted by atomic mass is 32.2. The topological polar surface area (TPSA) is 50.9 Å². The van der Waals surface area contributed by atoms with Gasteiger partial charge in [0.05, 0.1) is 6.04 Å². The Hall–Kier alpha value is -0.580. The molecular weight excluding hydrogens is 218 g/mol. The third-order valence-corrected chi connectivity index (χ3v) is 4.05. The molecule has 2 unspecified atom stereocenters. The maximum Gasteiger partial charge on any atom is 0.0565 e. The second-order valence-corrected chi connectivity index (χ2v) is 5.54. The van der Waals surface area contributed by atoms with Gasteiger partial charge in [0.15, 0.2) is 0 Å². The molecule has 0 aliphatic rings. The molecule has 1 aromatic heterocycles. The summed E-state index contributed by atoms with van der Waals surface area (Å²) < 4.78 is 0. The third-order valence-electron chi connectivity index (χ3n) is 2.62. The highest BCUT2D eigenvalue weighted by Gasteiger charge is 2.11. The van der Waals surface area contributed by atoms with Gasteiger partial charge in [-0.05, 0) is 24.5 Å². The lowest BCUT2D eigenvalue weighted by molar-refractivity contribution is 0.607. The van der Waals surface area contributed by atoms with Gasteiger partial charge >= 0.3 is 0 Å². The molecule has 4 heteroatoms. The summed E-state index contributed by atoms with van der Waals surface area (Å²) in [4.78, 5) is 4.20. The minimum Gasteiger partial charge on any atom is -0.271 e. The zero-order valence-electron chi connectivity index (χ0n) is 10.2. The number of rotatable bonds is 6. The minimum absolute atomic E-state index is 0.186. The summed E-state index contributed by atoms with van der Waals surface area (Å²) in [5, 5.41) is 0.675. The van der Waals surface area contributed by atoms with Crippen molar-refractivity contribution in [3.05, 3.63) is 29.6 Å². The summed E-state index contributed by atoms with van der Waals surface area (Å²) in [6.07, 6.45) is 4.93. The van der Waals surface area contributed by atoms with Crippen LogP contribution in [0.15, 0.2) is 18.5 Å². The number of nitrogens with two attached hydrogens (primary N) is 1. The van der Waals surface area contributed by atoms with Crippen LogP contribution < -0.4 is 11.3 Å². The molecule has 1 rings (SSSR count). The van der Waals surface area contributed by atoms with Crippen LogP contribution in [0.4, 0.5) is 0 Å². The molecule has 0 spiro atoms. The molecule has 1 aromatic rings. The van der Waals surface area contributed by atoms with Gasteiger partial charge in [0, 0.05) is 23.4 Å². The molecule has 0 saturated carbocycles. The van der Waals surface area contributed by atoms with E-state index in [9.17, 15) is 0 Å². The number of nitrogens with zero attached hydrogens (tertiary/aromatic N) is 1. The van der Waals surface area contributed by atoms with Crippen LogP contribution >= 0.6 is 11.8 Å². The molecule has 0 aliphatic carbocycles. The first-order valence-corrected chi connectivity index (χ1v) is 6.71. The lowest BCUT2D eigenvalue weighted by Gasteiger charge is -2.18. The Bertz CT molecular complexity index is 317. The van der Waals surface area contributed by atoms with Gasteiger partial charge in [-0.3, -0.25) is 16.3 Å². The fourth-order valence-corrected chi connectivity index (χ4v) is 2.43. The van der Waals surface area contributed by atoms with Crippen LogP contribution in [0.25, 0.3) is 0 Å². The number of thioether (sulfide) groups is 1. The van der Waals surface area contributed by atoms with E-state index in [4.69, 9.17) is 5.84 Å². The normalized spacial score (nSPS) is 14.8. The SMILES string of the molecule is CCC(C)SCC(NN)c1cncc(C)c1. The lowest BCUT2D eigenvalue weighted by Crippen LogP contribution is -2.30. The molecule has 0 aliphatic heterocycles. The van der Waals surface area contributed by atoms with E-state index in [1.165, 1.54) is 17.5 Å². The molecule has 3 N–H and O–H groups in total. The lowest BCUT2D eigenvalue weighted by atomic mass is 10.1. The molecule has 3 nitrogen and oxygen atoms in total. The van der Waals surface area contributed by atoms with E-state index in [-0.39, 0.29) is 6.04 Å². The van der Waals surface area contributed by atoms with Crippen molar-refractivity contribution < 1.29 is 0 Å². The van der Waals surface area contributed by atoms with Gasteiger partial charge in [-0.15, -0.1) is 0 Å². The Labute approximate surface area is 102 Å². The zero-order chi connectivity index (χ0) is 12.0. The van der Waals surface area contributed by atoms with Crippen LogP contribution in [-0.2, 0) is 0 Å². The van der Waals surface area contributed by atoms with E-state index in [1.807, 2.05) is 31.1 Å². The predicted molar refractivity (Wildman–Crippen MR) is 71.2 cm³/mol. The Morgan fingerprint density at radius 3 is 2.81 bits per heavy atom. The fraction of sp³-hybridized carbons (Fsp3) is 0.583. The molecule has 0 fully saturated rings. The summed E-state index contributed by atoms with van der Waals surface area (Å²) in [6, 6.07) is 2.32. The van der Waals surface area contributed by atoms with Crippen molar-refractivity contribution in [2.75, 3.05) is 5.75 Å². The monoisotopic (exact) mass is 239 g/mol. The van der Waals surface area contributed by atoms with Crippen molar-refractivity contribution in [1.29, 1.82) is 0 Å². The van der Waals surface area contributed by atoms with Crippen LogP contribution in [0.5, 0.6) is 0 Å². The molecule has 0 amide bonds. The highest BCUT2D eigenvalue weighted by Crippen LogP contribution is 2.22. The second-order valence-electron chi connectivity index (χ2n) is 4.07. The van der Waals surface area contributed by atoms with E-state index in [0.717, 1.165) is 5.75 Å². The van der Waals surface area contributed by atoms with Gasteiger partial charge in [0.2, 0.25) is 0 Å². The molecule has 16 heavy (non-hydrogen) atoms. The maximum absolute atomic E-state index is 5.59. The standard InChI is InChI=1S/C12H21N3S/c1-4-10(3)16-8-12(15-13)11-5-9(2)6-14-7-11/h5-7,10,12,15H,4,8,13H2,1-3H3. The largest absolute Gasteiger partial charge is 0.271 e. The molecule has 1 heterocycles. The molecule has 0 bridgehead atoms. The molecule has 0 aromatic carbocycles. The number of hydrazine groups is 1. The first-order valence-electron chi connectivity index (χ1n) is 5.66. The number of nitrogens with one attached hydrogen (secondary N) is 1. The summed E-state index contributed by atoms with van der Waals surface area (Å²) >= 11 is 1.94. The quantitative estimate of drug-likeness (QED) is 0.591. The third kappa shape index (κ3) is 4.12. The number of aryl methyl sites for hydroxylation is 1. The highest BCUT2D eigenvalue weighted by molar-refractivity contribution is 7.99. The van der Waals surface area contributed by atoms with Crippen LogP contribution in [0.3, 0.4) is 0 Å². The van der Waals surface area contributed by atoms with Gasteiger partial charge in [0.1, 0.15) is 0 Å². The Kier molecular flexibility index (Phi) is 5.80. The molecule has 0 radical (unpaired) electrons. The van der Waals surface area contributed by atoms with Crippen molar-refractivity contribution >= 4 is 11.8 Å². The maximum atomic E-state index is 5.59. The zero-order valence-corrected chi connectivity index (χ0v) is 11.1. The van der Waals surface area contributed by atoms with Gasteiger partial charge in [-0.1, -0.05) is 19.9 Å². The van der Waals surface area contributed by atoms with Gasteiger partial charge < -0.3 is 0 Å². The van der Waals surface area contributed by atoms with E-state index in [2.05, 4.69) is 30.3 Å². The van der Waals surface area contributed by atoms with Gasteiger partial charge in [-0.25, -0.2) is 0 Å². The fourth-order valence-electron chi connectivity index (χ4n) is 1.39. The summed E-state index contributed by atoms with van der Waals surface area (Å²) in [5.74, 6) is 6.57. The predicted octanol–water partition coefficient (Wildman–Crippen LogP) is 2.43. The molecule has 90 valence electrons. The molecule has 0 saturated heterocycles. The van der Waals surface area contributed by atoms with Crippen LogP contribution in [-0.4, -0.2) is 16.0 Å². The van der Waals surface area contributed by atoms with Crippen molar-refractivity contribution in [3.8, 4) is 0 Å². The second kappa shape index (κ2) is 6.89. The Morgan fingerprint density at radius 1 is 1.50 bits per heavy atom. The van der Waals surface area contributed by atoms with Gasteiger partial charge in [0.25, 0.3) is 0 Å². The number of pyridine rings is 1. The van der Waals surface area contributed by atoms with Crippen molar-refractivity contribution in [2.45, 2.75) is 38.5 Å². The summed E-state index contributed by atoms with van der Waals surface area (Å²) in [5.41, 5.74) is 5.20. The first-order chi connectivity index (χ1) is 7.67. The first kappa shape index (κ1) is 13.5. The van der Waals surface area contributed by atoms with Crippen LogP contribution in [0.2, 0.25) is 0 Å². The molecular formula is C12H21N3S. The molecule has 2 atom stereocenters. The minimum atomic E-state index is 0.186. The van der Waals surface area contributed by atoms with E-state index < -0.39 is 0 Å². The summed E-state index contributed by atoms with van der Waals surface area (Å²) in [6.45, 7) is 6.50. The van der Waals surface area contributed by atoms with Crippen molar-refractivity contribution in [2.24, 2.45) is 5.84 Å². The van der Waals surface area contributed by atoms with Crippen LogP contribution in [0, 0.1) is 6.92 Å². The smallest absolute Gasteiger partial charge is 0.0565 e. The van der Waals surface area contributed by atoms with E-state index in [0.29, 0.717) is 5.25 Å². The Balaban J connectivity index is 2.60.